The van der Waals surface area contributed by atoms with Crippen LogP contribution in [0.2, 0.25) is 0 Å². The van der Waals surface area contributed by atoms with Crippen LogP contribution in [0.5, 0.6) is 0 Å². The molecule has 1 rings (SSSR count). The van der Waals surface area contributed by atoms with Crippen molar-refractivity contribution in [3.63, 3.8) is 0 Å². The number of hydrogen-bond acceptors (Lipinski definition) is 5. The Bertz CT molecular complexity index is 514. The van der Waals surface area contributed by atoms with E-state index < -0.39 is 19.1 Å². The molecule has 0 saturated carbocycles. The summed E-state index contributed by atoms with van der Waals surface area (Å²) < 4.78 is 15.1. The number of hydrogen-bond donors (Lipinski definition) is 1. The minimum absolute atomic E-state index is 0.184. The number of amides is 1. The lowest BCUT2D eigenvalue weighted by Gasteiger charge is -2.18. The van der Waals surface area contributed by atoms with Gasteiger partial charge in [-0.25, -0.2) is 4.79 Å². The second-order valence-electron chi connectivity index (χ2n) is 5.49. The largest absolute Gasteiger partial charge is 0.493 e. The maximum Gasteiger partial charge on any atom is 0.493 e. The first kappa shape index (κ1) is 19.2. The third kappa shape index (κ3) is 5.69. The van der Waals surface area contributed by atoms with E-state index in [9.17, 15) is 9.59 Å². The molecule has 1 amide bonds. The van der Waals surface area contributed by atoms with Gasteiger partial charge in [0, 0.05) is 26.6 Å². The number of carbonyl (C=O) groups is 2. The van der Waals surface area contributed by atoms with E-state index in [1.54, 1.807) is 28.1 Å². The first-order valence-corrected chi connectivity index (χ1v) is 7.45. The Kier molecular flexibility index (Phi) is 7.78. The minimum atomic E-state index is -0.707. The fourth-order valence-electron chi connectivity index (χ4n) is 2.09. The van der Waals surface area contributed by atoms with Gasteiger partial charge in [-0.05, 0) is 11.0 Å². The lowest BCUT2D eigenvalue weighted by atomic mass is 9.78. The fraction of sp³-hybridized carbons (Fsp3) is 0.500. The van der Waals surface area contributed by atoms with Crippen LogP contribution in [0.15, 0.2) is 24.3 Å². The van der Waals surface area contributed by atoms with E-state index in [2.05, 4.69) is 5.32 Å². The van der Waals surface area contributed by atoms with Crippen LogP contribution in [0.3, 0.4) is 0 Å². The molecule has 6 nitrogen and oxygen atoms in total. The Morgan fingerprint density at radius 2 is 1.65 bits per heavy atom. The van der Waals surface area contributed by atoms with Crippen molar-refractivity contribution in [3.05, 3.63) is 29.8 Å². The quantitative estimate of drug-likeness (QED) is 0.558. The van der Waals surface area contributed by atoms with Crippen molar-refractivity contribution < 1.29 is 23.6 Å². The van der Waals surface area contributed by atoms with Crippen molar-refractivity contribution in [2.45, 2.75) is 26.3 Å². The SMILES string of the molecule is COB(OC)c1ccc(C[C@@H](NC(=O)C(C)C)C(=O)OC)cc1. The van der Waals surface area contributed by atoms with Crippen molar-refractivity contribution in [2.24, 2.45) is 5.92 Å². The van der Waals surface area contributed by atoms with E-state index in [1.165, 1.54) is 7.11 Å². The standard InChI is InChI=1S/C16H24BNO5/c1-11(2)15(19)18-14(16(20)21-3)10-12-6-8-13(9-7-12)17(22-4)23-5/h6-9,11,14H,10H2,1-5H3,(H,18,19)/t14-/m1/s1. The van der Waals surface area contributed by atoms with Crippen LogP contribution in [0.25, 0.3) is 0 Å². The summed E-state index contributed by atoms with van der Waals surface area (Å²) in [6, 6.07) is 6.77. The molecule has 0 bridgehead atoms. The highest BCUT2D eigenvalue weighted by molar-refractivity contribution is 6.61. The molecule has 0 heterocycles. The maximum atomic E-state index is 11.9. The topological polar surface area (TPSA) is 73.9 Å². The van der Waals surface area contributed by atoms with Crippen molar-refractivity contribution >= 4 is 24.5 Å². The van der Waals surface area contributed by atoms with Crippen LogP contribution in [0.1, 0.15) is 19.4 Å². The number of ether oxygens (including phenoxy) is 1. The summed E-state index contributed by atoms with van der Waals surface area (Å²) >= 11 is 0. The third-order valence-corrected chi connectivity index (χ3v) is 3.45. The van der Waals surface area contributed by atoms with Gasteiger partial charge in [0.1, 0.15) is 6.04 Å². The zero-order valence-electron chi connectivity index (χ0n) is 14.3. The lowest BCUT2D eigenvalue weighted by Crippen LogP contribution is -2.44. The zero-order valence-corrected chi connectivity index (χ0v) is 14.3. The molecule has 1 aromatic rings. The molecule has 7 heteroatoms. The Morgan fingerprint density at radius 3 is 2.09 bits per heavy atom. The fourth-order valence-corrected chi connectivity index (χ4v) is 2.09. The summed E-state index contributed by atoms with van der Waals surface area (Å²) in [5.41, 5.74) is 1.78. The molecule has 1 N–H and O–H groups in total. The monoisotopic (exact) mass is 321 g/mol. The van der Waals surface area contributed by atoms with Crippen LogP contribution in [0.4, 0.5) is 0 Å². The molecule has 0 radical (unpaired) electrons. The summed E-state index contributed by atoms with van der Waals surface area (Å²) in [5.74, 6) is -0.848. The van der Waals surface area contributed by atoms with E-state index in [4.69, 9.17) is 14.0 Å². The first-order valence-electron chi connectivity index (χ1n) is 7.45. The van der Waals surface area contributed by atoms with Crippen LogP contribution < -0.4 is 10.8 Å². The summed E-state index contributed by atoms with van der Waals surface area (Å²) in [4.78, 5) is 23.7. The van der Waals surface area contributed by atoms with Crippen LogP contribution in [-0.2, 0) is 30.1 Å². The van der Waals surface area contributed by atoms with Gasteiger partial charge in [-0.15, -0.1) is 0 Å². The minimum Gasteiger partial charge on any atom is -0.467 e. The predicted octanol–water partition coefficient (Wildman–Crippen LogP) is 0.531. The normalized spacial score (nSPS) is 11.9. The molecule has 0 saturated heterocycles. The van der Waals surface area contributed by atoms with Gasteiger partial charge < -0.3 is 19.4 Å². The number of nitrogens with one attached hydrogen (secondary N) is 1. The van der Waals surface area contributed by atoms with Crippen molar-refractivity contribution in [1.29, 1.82) is 0 Å². The van der Waals surface area contributed by atoms with Gasteiger partial charge in [-0.2, -0.15) is 0 Å². The molecule has 0 fully saturated rings. The summed E-state index contributed by atoms with van der Waals surface area (Å²) in [7, 11) is 4.01. The highest BCUT2D eigenvalue weighted by Crippen LogP contribution is 2.06. The molecular weight excluding hydrogens is 297 g/mol. The summed E-state index contributed by atoms with van der Waals surface area (Å²) in [6.45, 7) is 3.54. The average molecular weight is 321 g/mol. The summed E-state index contributed by atoms with van der Waals surface area (Å²) in [6.07, 6.45) is 0.357. The molecule has 126 valence electrons. The van der Waals surface area contributed by atoms with Gasteiger partial charge in [0.25, 0.3) is 0 Å². The van der Waals surface area contributed by atoms with Gasteiger partial charge in [-0.3, -0.25) is 4.79 Å². The van der Waals surface area contributed by atoms with E-state index in [0.717, 1.165) is 11.0 Å². The van der Waals surface area contributed by atoms with Gasteiger partial charge in [0.15, 0.2) is 0 Å². The van der Waals surface area contributed by atoms with Crippen LogP contribution in [-0.4, -0.2) is 46.4 Å². The van der Waals surface area contributed by atoms with E-state index >= 15 is 0 Å². The molecule has 0 spiro atoms. The molecular formula is C16H24BNO5. The Labute approximate surface area is 137 Å². The number of benzene rings is 1. The highest BCUT2D eigenvalue weighted by Gasteiger charge is 2.23. The molecule has 0 aliphatic carbocycles. The first-order chi connectivity index (χ1) is 10.9. The Balaban J connectivity index is 2.83. The molecule has 1 atom stereocenters. The number of rotatable bonds is 8. The zero-order chi connectivity index (χ0) is 17.4. The molecule has 0 aliphatic heterocycles. The average Bonchev–Trinajstić information content (AvgIpc) is 2.55. The van der Waals surface area contributed by atoms with E-state index in [1.807, 2.05) is 24.3 Å². The van der Waals surface area contributed by atoms with Crippen molar-refractivity contribution in [1.82, 2.24) is 5.32 Å². The van der Waals surface area contributed by atoms with E-state index in [-0.39, 0.29) is 11.8 Å². The van der Waals surface area contributed by atoms with Gasteiger partial charge in [0.2, 0.25) is 5.91 Å². The molecule has 1 aromatic carbocycles. The number of carbonyl (C=O) groups excluding carboxylic acids is 2. The number of esters is 1. The smallest absolute Gasteiger partial charge is 0.467 e. The highest BCUT2D eigenvalue weighted by atomic mass is 16.6. The van der Waals surface area contributed by atoms with Crippen molar-refractivity contribution in [3.8, 4) is 0 Å². The van der Waals surface area contributed by atoms with Crippen LogP contribution >= 0.6 is 0 Å². The second kappa shape index (κ2) is 9.32. The molecule has 0 unspecified atom stereocenters. The predicted molar refractivity (Wildman–Crippen MR) is 88.3 cm³/mol. The van der Waals surface area contributed by atoms with E-state index in [0.29, 0.717) is 6.42 Å². The molecule has 0 aliphatic rings. The van der Waals surface area contributed by atoms with Gasteiger partial charge in [-0.1, -0.05) is 38.1 Å². The summed E-state index contributed by atoms with van der Waals surface area (Å²) in [5, 5.41) is 2.71. The maximum absolute atomic E-state index is 11.9. The van der Waals surface area contributed by atoms with Crippen molar-refractivity contribution in [2.75, 3.05) is 21.3 Å². The van der Waals surface area contributed by atoms with Crippen LogP contribution in [0, 0.1) is 5.92 Å². The second-order valence-corrected chi connectivity index (χ2v) is 5.49. The number of methoxy groups -OCH3 is 1. The van der Waals surface area contributed by atoms with Gasteiger partial charge >= 0.3 is 13.1 Å². The third-order valence-electron chi connectivity index (χ3n) is 3.45. The van der Waals surface area contributed by atoms with Gasteiger partial charge in [0.05, 0.1) is 7.11 Å². The Hall–Kier alpha value is -1.86. The Morgan fingerprint density at radius 1 is 1.09 bits per heavy atom. The molecule has 0 aromatic heterocycles. The molecule has 23 heavy (non-hydrogen) atoms. The lowest BCUT2D eigenvalue weighted by molar-refractivity contribution is -0.145.